The molecule has 0 saturated heterocycles. The molecule has 0 radical (unpaired) electrons. The minimum Gasteiger partial charge on any atom is -0.173 e. The zero-order valence-corrected chi connectivity index (χ0v) is 16.9. The predicted molar refractivity (Wildman–Crippen MR) is 144 cm³/mol. The van der Waals surface area contributed by atoms with E-state index in [0.29, 0.717) is 0 Å². The van der Waals surface area contributed by atoms with Gasteiger partial charge in [0.25, 0.3) is 0 Å². The first-order valence-corrected chi connectivity index (χ1v) is 9.53. The number of halogens is 1. The summed E-state index contributed by atoms with van der Waals surface area (Å²) in [5, 5.41) is 0. The molecule has 0 atom stereocenters. The van der Waals surface area contributed by atoms with Crippen LogP contribution in [0.1, 0.15) is 0 Å². The van der Waals surface area contributed by atoms with E-state index in [1.165, 1.54) is 7.06 Å². The fourth-order valence-corrected chi connectivity index (χ4v) is 7.07. The molecule has 0 aliphatic carbocycles. The lowest BCUT2D eigenvalue weighted by Crippen LogP contribution is -2.75. The first-order chi connectivity index (χ1) is 8.64. The standard InChI is InChI=1S/B18H19I/c1-10-15(11(2)3)17(14(8)9)18(19)16(12(4)5)13(6)7/h10H,1-9H2. The van der Waals surface area contributed by atoms with Crippen molar-refractivity contribution in [3.8, 4) is 0 Å². The van der Waals surface area contributed by atoms with Crippen LogP contribution >= 0.6 is 22.4 Å². The molecule has 0 bridgehead atoms. The van der Waals surface area contributed by atoms with E-state index in [0.717, 1.165) is 49.0 Å². The Morgan fingerprint density at radius 1 is 0.632 bits per heavy atom. The average Bonchev–Trinajstić information content (AvgIpc) is 2.22. The third-order valence-corrected chi connectivity index (χ3v) is 6.53. The highest BCUT2D eigenvalue weighted by atomic mass is 127. The zero-order chi connectivity index (χ0) is 15.3. The number of hydrogen-bond acceptors (Lipinski definition) is 0. The van der Waals surface area contributed by atoms with Crippen LogP contribution in [0.25, 0.3) is 0 Å². The molecule has 0 aromatic rings. The van der Waals surface area contributed by atoms with E-state index in [4.69, 9.17) is 0 Å². The number of hydrogen-bond donors (Lipinski definition) is 0. The van der Waals surface area contributed by atoms with Gasteiger partial charge < -0.3 is 0 Å². The van der Waals surface area contributed by atoms with E-state index < -0.39 is 0 Å². The van der Waals surface area contributed by atoms with Gasteiger partial charge in [0, 0.05) is 51.8 Å². The Balaban J connectivity index is 5.26. The zero-order valence-electron chi connectivity index (χ0n) is 14.7. The first-order valence-electron chi connectivity index (χ1n) is 8.29. The largest absolute Gasteiger partial charge is 0.173 e. The lowest BCUT2D eigenvalue weighted by molar-refractivity contribution is 3.41. The van der Waals surface area contributed by atoms with E-state index in [-0.39, 0.29) is 0 Å². The van der Waals surface area contributed by atoms with Gasteiger partial charge in [0.15, 0.2) is 0 Å². The minimum absolute atomic E-state index is 0.785. The molecule has 0 nitrogen and oxygen atoms in total. The van der Waals surface area contributed by atoms with E-state index in [9.17, 15) is 0 Å². The molecule has 0 saturated carbocycles. The van der Waals surface area contributed by atoms with Crippen molar-refractivity contribution in [3.05, 3.63) is 0 Å². The lowest BCUT2D eigenvalue weighted by atomic mass is 8.48. The summed E-state index contributed by atoms with van der Waals surface area (Å²) < 4.78 is 0.796. The summed E-state index contributed by atoms with van der Waals surface area (Å²) in [4.78, 5) is 0. The van der Waals surface area contributed by atoms with Crippen molar-refractivity contribution < 1.29 is 0 Å². The molecule has 0 fully saturated rings. The van der Waals surface area contributed by atoms with Crippen molar-refractivity contribution in [1.29, 1.82) is 0 Å². The molecule has 0 aromatic carbocycles. The molecule has 19 heteroatoms. The second kappa shape index (κ2) is 9.82. The van der Waals surface area contributed by atoms with Gasteiger partial charge in [-0.2, -0.15) is 22.4 Å². The molecule has 0 spiro atoms. The van der Waals surface area contributed by atoms with Crippen LogP contribution in [0.5, 0.6) is 0 Å². The molecular formula is H19B18I. The van der Waals surface area contributed by atoms with Gasteiger partial charge in [-0.05, 0) is 0 Å². The Morgan fingerprint density at radius 3 is 1.21 bits per heavy atom. The van der Waals surface area contributed by atoms with Crippen LogP contribution in [0.4, 0.5) is 0 Å². The maximum absolute atomic E-state index is 2.78. The van der Waals surface area contributed by atoms with Gasteiger partial charge in [-0.25, -0.2) is 0 Å². The Kier molecular flexibility index (Phi) is 10.8. The molecule has 80 valence electrons. The van der Waals surface area contributed by atoms with Crippen molar-refractivity contribution >= 4 is 148 Å². The summed E-state index contributed by atoms with van der Waals surface area (Å²) in [5.74, 6) is 0. The maximum atomic E-state index is 2.78. The van der Waals surface area contributed by atoms with Gasteiger partial charge in [-0.15, -0.1) is 0 Å². The molecule has 0 amide bonds. The molecule has 19 heavy (non-hydrogen) atoms. The summed E-state index contributed by atoms with van der Waals surface area (Å²) >= 11 is 2.78. The number of rotatable bonds is 8. The predicted octanol–water partition coefficient (Wildman–Crippen LogP) is -11.1. The highest BCUT2D eigenvalue weighted by Crippen LogP contribution is 2.10. The second-order valence-electron chi connectivity index (χ2n) is 7.65. The summed E-state index contributed by atoms with van der Waals surface area (Å²) in [6.45, 7) is 0. The quantitative estimate of drug-likeness (QED) is 0.304. The monoisotopic (exact) mass is 344 g/mol. The second-order valence-corrected chi connectivity index (χ2v) is 9.09. The van der Waals surface area contributed by atoms with E-state index >= 15 is 0 Å². The summed E-state index contributed by atoms with van der Waals surface area (Å²) in [6.07, 6.45) is 5.70. The molecular weight excluding hydrogens is 322 g/mol. The summed E-state index contributed by atoms with van der Waals surface area (Å²) in [6, 6.07) is 0. The van der Waals surface area contributed by atoms with Gasteiger partial charge in [-0.3, -0.25) is 0 Å². The van der Waals surface area contributed by atoms with E-state index in [1.54, 1.807) is 0 Å². The molecule has 0 aromatic heterocycles. The molecule has 0 rings (SSSR count). The van der Waals surface area contributed by atoms with Crippen molar-refractivity contribution in [3.63, 3.8) is 0 Å². The van der Waals surface area contributed by atoms with Crippen molar-refractivity contribution in [2.75, 3.05) is 0 Å². The minimum atomic E-state index is 0.785. The fourth-order valence-electron chi connectivity index (χ4n) is 4.05. The van der Waals surface area contributed by atoms with Crippen LogP contribution in [0, 0.1) is 0 Å². The van der Waals surface area contributed by atoms with Crippen LogP contribution in [0.3, 0.4) is 0 Å². The van der Waals surface area contributed by atoms with Gasteiger partial charge in [0.2, 0.25) is 0 Å². The topological polar surface area (TPSA) is 0 Å². The smallest absolute Gasteiger partial charge is 0.120 e. The summed E-state index contributed by atoms with van der Waals surface area (Å²) in [7, 11) is 23.0. The first kappa shape index (κ1) is 20.9. The fraction of sp³-hybridized carbons (Fsp3) is 0. The molecule has 0 unspecified atom stereocenters. The third kappa shape index (κ3) is 6.27. The van der Waals surface area contributed by atoms with E-state index in [1.807, 2.05) is 0 Å². The van der Waals surface area contributed by atoms with E-state index in [2.05, 4.69) is 92.0 Å². The highest BCUT2D eigenvalue weighted by molar-refractivity contribution is 14.1. The Hall–Kier alpha value is 1.90. The molecule has 0 aliphatic heterocycles. The van der Waals surface area contributed by atoms with Gasteiger partial charge in [-0.1, -0.05) is 0 Å². The lowest BCUT2D eigenvalue weighted by Gasteiger charge is -2.35. The highest BCUT2D eigenvalue weighted by Gasteiger charge is 2.44. The van der Waals surface area contributed by atoms with Crippen LogP contribution in [0.15, 0.2) is 0 Å². The SMILES string of the molecule is BBB(B(B)B)B(B(B)B)B(I)B(B(B)B)B(B)B. The van der Waals surface area contributed by atoms with Crippen molar-refractivity contribution in [2.24, 2.45) is 0 Å². The van der Waals surface area contributed by atoms with Gasteiger partial charge in [0.1, 0.15) is 4.35 Å². The summed E-state index contributed by atoms with van der Waals surface area (Å²) in [5.41, 5.74) is 0. The van der Waals surface area contributed by atoms with Crippen LogP contribution in [0.2, 0.25) is 0 Å². The third-order valence-electron chi connectivity index (χ3n) is 4.87. The normalized spacial score (nSPS) is 9.11. The Morgan fingerprint density at radius 2 is 1.00 bits per heavy atom. The van der Waals surface area contributed by atoms with Crippen LogP contribution < -0.4 is 0 Å². The van der Waals surface area contributed by atoms with Gasteiger partial charge >= 0.3 is 0 Å². The average molecular weight is 341 g/mol. The van der Waals surface area contributed by atoms with Crippen molar-refractivity contribution in [2.45, 2.75) is 0 Å². The molecule has 0 heterocycles. The Bertz CT molecular complexity index is 222. The Labute approximate surface area is 147 Å². The van der Waals surface area contributed by atoms with Crippen molar-refractivity contribution in [1.82, 2.24) is 0 Å². The molecule has 0 aliphatic rings. The molecule has 0 N–H and O–H groups in total. The maximum Gasteiger partial charge on any atom is 0.120 e. The van der Waals surface area contributed by atoms with Gasteiger partial charge in [0.05, 0.1) is 69.6 Å². The van der Waals surface area contributed by atoms with Crippen LogP contribution in [-0.2, 0) is 0 Å². The van der Waals surface area contributed by atoms with Crippen LogP contribution in [-0.4, -0.2) is 126 Å².